The van der Waals surface area contributed by atoms with E-state index in [1.54, 1.807) is 36.0 Å². The molecule has 7 heteroatoms. The Bertz CT molecular complexity index is 990. The number of furan rings is 1. The Balaban J connectivity index is 1.75. The summed E-state index contributed by atoms with van der Waals surface area (Å²) in [6, 6.07) is 8.97. The number of hydrogen-bond donors (Lipinski definition) is 2. The van der Waals surface area contributed by atoms with Gasteiger partial charge in [0, 0.05) is 30.4 Å². The topological polar surface area (TPSA) is 76.3 Å². The lowest BCUT2D eigenvalue weighted by Gasteiger charge is -2.07. The Morgan fingerprint density at radius 3 is 2.65 bits per heavy atom. The predicted molar refractivity (Wildman–Crippen MR) is 101 cm³/mol. The molecule has 2 heterocycles. The van der Waals surface area contributed by atoms with Crippen molar-refractivity contribution in [1.29, 1.82) is 0 Å². The van der Waals surface area contributed by atoms with E-state index in [0.717, 1.165) is 5.56 Å². The van der Waals surface area contributed by atoms with E-state index in [4.69, 9.17) is 16.0 Å². The summed E-state index contributed by atoms with van der Waals surface area (Å²) in [6.07, 6.45) is 1.67. The van der Waals surface area contributed by atoms with Crippen molar-refractivity contribution in [3.8, 4) is 0 Å². The third-order valence-electron chi connectivity index (χ3n) is 4.07. The van der Waals surface area contributed by atoms with E-state index in [0.29, 0.717) is 40.5 Å². The van der Waals surface area contributed by atoms with Gasteiger partial charge < -0.3 is 19.6 Å². The van der Waals surface area contributed by atoms with Crippen LogP contribution < -0.4 is 16.1 Å². The molecule has 0 aliphatic rings. The van der Waals surface area contributed by atoms with Crippen LogP contribution in [-0.4, -0.2) is 17.5 Å². The number of rotatable bonds is 6. The Hall–Kier alpha value is -2.57. The molecule has 136 valence electrons. The number of hydrogen-bond acceptors (Lipinski definition) is 4. The van der Waals surface area contributed by atoms with Crippen LogP contribution in [0.4, 0.5) is 0 Å². The zero-order valence-corrected chi connectivity index (χ0v) is 15.4. The van der Waals surface area contributed by atoms with E-state index in [1.807, 2.05) is 19.2 Å². The monoisotopic (exact) mass is 373 g/mol. The van der Waals surface area contributed by atoms with E-state index in [9.17, 15) is 9.59 Å². The minimum Gasteiger partial charge on any atom is -0.443 e. The Labute approximate surface area is 155 Å². The summed E-state index contributed by atoms with van der Waals surface area (Å²) in [6.45, 7) is 0.918. The van der Waals surface area contributed by atoms with Crippen LogP contribution in [0.1, 0.15) is 16.9 Å². The maximum atomic E-state index is 12.7. The van der Waals surface area contributed by atoms with Gasteiger partial charge in [-0.3, -0.25) is 9.59 Å². The Morgan fingerprint density at radius 2 is 1.96 bits per heavy atom. The van der Waals surface area contributed by atoms with Crippen molar-refractivity contribution in [2.75, 3.05) is 7.05 Å². The summed E-state index contributed by atoms with van der Waals surface area (Å²) in [7, 11) is 3.60. The van der Waals surface area contributed by atoms with Crippen LogP contribution in [0.15, 0.2) is 45.7 Å². The van der Waals surface area contributed by atoms with Gasteiger partial charge in [-0.25, -0.2) is 0 Å². The summed E-state index contributed by atoms with van der Waals surface area (Å²) >= 11 is 5.85. The van der Waals surface area contributed by atoms with Crippen LogP contribution in [0.25, 0.3) is 11.1 Å². The summed E-state index contributed by atoms with van der Waals surface area (Å²) in [5, 5.41) is 6.95. The number of fused-ring (bicyclic) bond motifs is 1. The van der Waals surface area contributed by atoms with Gasteiger partial charge in [0.15, 0.2) is 5.43 Å². The molecule has 0 radical (unpaired) electrons. The maximum Gasteiger partial charge on any atom is 0.224 e. The summed E-state index contributed by atoms with van der Waals surface area (Å²) < 4.78 is 7.42. The highest BCUT2D eigenvalue weighted by molar-refractivity contribution is 6.30. The molecule has 0 saturated heterocycles. The van der Waals surface area contributed by atoms with Gasteiger partial charge in [0.1, 0.15) is 5.76 Å². The number of nitrogens with zero attached hydrogens (tertiary/aromatic N) is 1. The standard InChI is InChI=1S/C19H20ClN3O3/c1-21-10-15-8-16-18(25)13(11-23(2)19(16)26-15)7-17(24)22-9-12-3-5-14(20)6-4-12/h3-6,8,11,21H,7,9-10H2,1-2H3,(H,22,24). The summed E-state index contributed by atoms with van der Waals surface area (Å²) in [5.74, 6) is 0.467. The maximum absolute atomic E-state index is 12.7. The number of carbonyl (C=O) groups excluding carboxylic acids is 1. The fourth-order valence-corrected chi connectivity index (χ4v) is 2.93. The molecule has 2 aromatic heterocycles. The number of halogens is 1. The number of amides is 1. The predicted octanol–water partition coefficient (Wildman–Crippen LogP) is 2.36. The molecule has 3 rings (SSSR count). The van der Waals surface area contributed by atoms with Crippen molar-refractivity contribution < 1.29 is 9.21 Å². The van der Waals surface area contributed by atoms with Crippen molar-refractivity contribution in [3.05, 3.63) is 68.7 Å². The molecule has 1 amide bonds. The first-order valence-corrected chi connectivity index (χ1v) is 8.62. The van der Waals surface area contributed by atoms with Crippen molar-refractivity contribution in [3.63, 3.8) is 0 Å². The molecule has 0 bridgehead atoms. The molecular weight excluding hydrogens is 354 g/mol. The fraction of sp³-hybridized carbons (Fsp3) is 0.263. The zero-order chi connectivity index (χ0) is 18.7. The molecule has 6 nitrogen and oxygen atoms in total. The third kappa shape index (κ3) is 3.98. The third-order valence-corrected chi connectivity index (χ3v) is 4.33. The van der Waals surface area contributed by atoms with Gasteiger partial charge in [0.05, 0.1) is 18.4 Å². The van der Waals surface area contributed by atoms with E-state index >= 15 is 0 Å². The number of aromatic nitrogens is 1. The molecule has 0 atom stereocenters. The van der Waals surface area contributed by atoms with Crippen LogP contribution in [-0.2, 0) is 31.4 Å². The largest absolute Gasteiger partial charge is 0.443 e. The molecule has 26 heavy (non-hydrogen) atoms. The first-order chi connectivity index (χ1) is 12.5. The van der Waals surface area contributed by atoms with E-state index < -0.39 is 0 Å². The minimum absolute atomic E-state index is 0.0166. The van der Waals surface area contributed by atoms with Gasteiger partial charge in [0.2, 0.25) is 11.6 Å². The molecule has 0 spiro atoms. The highest BCUT2D eigenvalue weighted by Crippen LogP contribution is 2.17. The molecule has 0 saturated carbocycles. The number of carbonyl (C=O) groups is 1. The normalized spacial score (nSPS) is 11.0. The first-order valence-electron chi connectivity index (χ1n) is 8.24. The van der Waals surface area contributed by atoms with Gasteiger partial charge in [0.25, 0.3) is 0 Å². The van der Waals surface area contributed by atoms with Gasteiger partial charge in [-0.2, -0.15) is 0 Å². The second-order valence-electron chi connectivity index (χ2n) is 6.14. The Morgan fingerprint density at radius 1 is 1.23 bits per heavy atom. The second kappa shape index (κ2) is 7.76. The molecule has 0 aliphatic heterocycles. The lowest BCUT2D eigenvalue weighted by molar-refractivity contribution is -0.120. The van der Waals surface area contributed by atoms with Crippen LogP contribution in [0.2, 0.25) is 5.02 Å². The lowest BCUT2D eigenvalue weighted by Crippen LogP contribution is -2.27. The van der Waals surface area contributed by atoms with Crippen LogP contribution in [0.5, 0.6) is 0 Å². The minimum atomic E-state index is -0.213. The highest BCUT2D eigenvalue weighted by atomic mass is 35.5. The van der Waals surface area contributed by atoms with E-state index in [1.165, 1.54) is 0 Å². The number of nitrogens with one attached hydrogen (secondary N) is 2. The quantitative estimate of drug-likeness (QED) is 0.695. The molecular formula is C19H20ClN3O3. The van der Waals surface area contributed by atoms with Crippen LogP contribution in [0.3, 0.4) is 0 Å². The molecule has 2 N–H and O–H groups in total. The summed E-state index contributed by atoms with van der Waals surface area (Å²) in [4.78, 5) is 24.9. The molecule has 3 aromatic rings. The average molecular weight is 374 g/mol. The molecule has 0 unspecified atom stereocenters. The number of aryl methyl sites for hydroxylation is 1. The average Bonchev–Trinajstić information content (AvgIpc) is 3.04. The zero-order valence-electron chi connectivity index (χ0n) is 14.6. The lowest BCUT2D eigenvalue weighted by atomic mass is 10.1. The van der Waals surface area contributed by atoms with Crippen LogP contribution in [0, 0.1) is 0 Å². The van der Waals surface area contributed by atoms with Gasteiger partial charge in [-0.1, -0.05) is 23.7 Å². The van der Waals surface area contributed by atoms with Crippen molar-refractivity contribution in [1.82, 2.24) is 15.2 Å². The Kier molecular flexibility index (Phi) is 5.44. The first kappa shape index (κ1) is 18.2. The van der Waals surface area contributed by atoms with Crippen molar-refractivity contribution >= 4 is 28.6 Å². The highest BCUT2D eigenvalue weighted by Gasteiger charge is 2.15. The smallest absolute Gasteiger partial charge is 0.224 e. The second-order valence-corrected chi connectivity index (χ2v) is 6.57. The number of pyridine rings is 1. The van der Waals surface area contributed by atoms with E-state index in [2.05, 4.69) is 10.6 Å². The van der Waals surface area contributed by atoms with Gasteiger partial charge >= 0.3 is 0 Å². The molecule has 1 aromatic carbocycles. The molecule has 0 aliphatic carbocycles. The number of benzene rings is 1. The van der Waals surface area contributed by atoms with Gasteiger partial charge in [-0.15, -0.1) is 0 Å². The van der Waals surface area contributed by atoms with E-state index in [-0.39, 0.29) is 17.8 Å². The van der Waals surface area contributed by atoms with Crippen molar-refractivity contribution in [2.45, 2.75) is 19.5 Å². The van der Waals surface area contributed by atoms with Crippen LogP contribution >= 0.6 is 11.6 Å². The van der Waals surface area contributed by atoms with Gasteiger partial charge in [-0.05, 0) is 30.8 Å². The summed E-state index contributed by atoms with van der Waals surface area (Å²) in [5.41, 5.74) is 1.71. The molecule has 0 fully saturated rings. The SMILES string of the molecule is CNCc1cc2c(=O)c(CC(=O)NCc3ccc(Cl)cc3)cn(C)c2o1. The fourth-order valence-electron chi connectivity index (χ4n) is 2.81. The van der Waals surface area contributed by atoms with Crippen molar-refractivity contribution in [2.24, 2.45) is 7.05 Å².